The van der Waals surface area contributed by atoms with E-state index in [-0.39, 0.29) is 18.6 Å². The fourth-order valence-corrected chi connectivity index (χ4v) is 3.18. The number of methoxy groups -OCH3 is 1. The van der Waals surface area contributed by atoms with E-state index in [1.54, 1.807) is 24.2 Å². The van der Waals surface area contributed by atoms with Gasteiger partial charge < -0.3 is 19.1 Å². The van der Waals surface area contributed by atoms with E-state index < -0.39 is 12.8 Å². The fraction of sp³-hybridized carbons (Fsp3) is 0.591. The van der Waals surface area contributed by atoms with Gasteiger partial charge in [-0.2, -0.15) is 13.2 Å². The third-order valence-electron chi connectivity index (χ3n) is 4.68. The van der Waals surface area contributed by atoms with Crippen LogP contribution >= 0.6 is 0 Å². The molecule has 174 valence electrons. The van der Waals surface area contributed by atoms with Crippen molar-refractivity contribution >= 4 is 12.0 Å². The Morgan fingerprint density at radius 1 is 1.16 bits per heavy atom. The predicted octanol–water partition coefficient (Wildman–Crippen LogP) is 3.61. The Morgan fingerprint density at radius 3 is 2.48 bits per heavy atom. The van der Waals surface area contributed by atoms with Crippen LogP contribution in [0.2, 0.25) is 0 Å². The molecule has 0 unspecified atom stereocenters. The number of benzene rings is 1. The van der Waals surface area contributed by atoms with E-state index in [1.807, 2.05) is 32.0 Å². The zero-order chi connectivity index (χ0) is 22.9. The number of rotatable bonds is 10. The number of hydrogen-bond acceptors (Lipinski definition) is 5. The smallest absolute Gasteiger partial charge is 0.411 e. The summed E-state index contributed by atoms with van der Waals surface area (Å²) in [6.07, 6.45) is -0.438. The quantitative estimate of drug-likeness (QED) is 0.408. The van der Waals surface area contributed by atoms with Crippen molar-refractivity contribution in [2.75, 3.05) is 53.0 Å². The molecule has 1 aromatic rings. The second kappa shape index (κ2) is 12.0. The molecule has 1 aromatic carbocycles. The zero-order valence-corrected chi connectivity index (χ0v) is 18.3. The highest BCUT2D eigenvalue weighted by Crippen LogP contribution is 2.29. The lowest BCUT2D eigenvalue weighted by molar-refractivity contribution is -0.174. The minimum Gasteiger partial charge on any atom is -0.493 e. The molecule has 31 heavy (non-hydrogen) atoms. The molecule has 0 saturated carbocycles. The van der Waals surface area contributed by atoms with Crippen LogP contribution in [-0.4, -0.2) is 81.0 Å². The Balaban J connectivity index is 1.75. The maximum Gasteiger partial charge on any atom is 0.411 e. The van der Waals surface area contributed by atoms with Crippen LogP contribution in [0.5, 0.6) is 11.5 Å². The second-order valence-corrected chi connectivity index (χ2v) is 7.60. The van der Waals surface area contributed by atoms with Gasteiger partial charge in [-0.15, -0.1) is 0 Å². The Hall–Kier alpha value is -2.26. The number of nitrogens with zero attached hydrogens (tertiary/aromatic N) is 2. The minimum atomic E-state index is -4.28. The van der Waals surface area contributed by atoms with Crippen LogP contribution in [0.1, 0.15) is 25.8 Å². The van der Waals surface area contributed by atoms with Crippen LogP contribution in [0.25, 0.3) is 6.08 Å². The molecular weight excluding hydrogens is 413 g/mol. The number of halogens is 3. The number of amides is 1. The van der Waals surface area contributed by atoms with E-state index in [4.69, 9.17) is 9.47 Å². The highest BCUT2D eigenvalue weighted by Gasteiger charge is 2.27. The van der Waals surface area contributed by atoms with E-state index in [1.165, 1.54) is 0 Å². The molecule has 0 spiro atoms. The van der Waals surface area contributed by atoms with Crippen LogP contribution in [0.4, 0.5) is 13.2 Å². The first-order valence-electron chi connectivity index (χ1n) is 10.4. The van der Waals surface area contributed by atoms with Gasteiger partial charge in [-0.1, -0.05) is 6.07 Å². The van der Waals surface area contributed by atoms with E-state index in [2.05, 4.69) is 9.64 Å². The van der Waals surface area contributed by atoms with Crippen LogP contribution in [0.15, 0.2) is 24.3 Å². The number of carbonyl (C=O) groups excluding carboxylic acids is 1. The van der Waals surface area contributed by atoms with Crippen molar-refractivity contribution in [3.63, 3.8) is 0 Å². The molecule has 1 fully saturated rings. The first kappa shape index (κ1) is 25.0. The van der Waals surface area contributed by atoms with Crippen molar-refractivity contribution in [3.05, 3.63) is 29.8 Å². The van der Waals surface area contributed by atoms with Gasteiger partial charge in [0.1, 0.15) is 6.61 Å². The molecule has 2 rings (SSSR count). The molecule has 6 nitrogen and oxygen atoms in total. The summed E-state index contributed by atoms with van der Waals surface area (Å²) in [5.41, 5.74) is 0.832. The van der Waals surface area contributed by atoms with Gasteiger partial charge in [0.15, 0.2) is 11.5 Å². The topological polar surface area (TPSA) is 51.2 Å². The molecule has 0 aliphatic carbocycles. The third-order valence-corrected chi connectivity index (χ3v) is 4.68. The second-order valence-electron chi connectivity index (χ2n) is 7.60. The summed E-state index contributed by atoms with van der Waals surface area (Å²) >= 11 is 0. The molecule has 1 amide bonds. The Morgan fingerprint density at radius 2 is 1.87 bits per heavy atom. The standard InChI is InChI=1S/C22H31F3N2O4/c1-17(2)31-19-7-5-18(15-20(19)29-3)6-8-21(28)27-12-10-26(11-13-27)9-4-14-30-16-22(23,24)25/h5-8,15,17H,4,9-14,16H2,1-3H3/b8-6+. The van der Waals surface area contributed by atoms with E-state index in [9.17, 15) is 18.0 Å². The Bertz CT molecular complexity index is 730. The van der Waals surface area contributed by atoms with Gasteiger partial charge in [-0.3, -0.25) is 9.69 Å². The van der Waals surface area contributed by atoms with Crippen LogP contribution in [0.3, 0.4) is 0 Å². The summed E-state index contributed by atoms with van der Waals surface area (Å²) in [7, 11) is 1.57. The summed E-state index contributed by atoms with van der Waals surface area (Å²) in [5.74, 6) is 1.19. The average molecular weight is 444 g/mol. The zero-order valence-electron chi connectivity index (χ0n) is 18.3. The maximum absolute atomic E-state index is 12.5. The lowest BCUT2D eigenvalue weighted by Gasteiger charge is -2.34. The highest BCUT2D eigenvalue weighted by molar-refractivity contribution is 5.92. The van der Waals surface area contributed by atoms with Crippen molar-refractivity contribution in [2.24, 2.45) is 0 Å². The van der Waals surface area contributed by atoms with Crippen molar-refractivity contribution < 1.29 is 32.2 Å². The minimum absolute atomic E-state index is 0.0305. The first-order chi connectivity index (χ1) is 14.7. The van der Waals surface area contributed by atoms with Crippen LogP contribution in [-0.2, 0) is 9.53 Å². The van der Waals surface area contributed by atoms with Gasteiger partial charge in [0.25, 0.3) is 0 Å². The largest absolute Gasteiger partial charge is 0.493 e. The molecule has 0 atom stereocenters. The van der Waals surface area contributed by atoms with Gasteiger partial charge in [-0.25, -0.2) is 0 Å². The molecule has 1 saturated heterocycles. The number of piperazine rings is 1. The van der Waals surface area contributed by atoms with Crippen LogP contribution in [0, 0.1) is 0 Å². The molecule has 0 bridgehead atoms. The number of alkyl halides is 3. The number of carbonyl (C=O) groups is 1. The fourth-order valence-electron chi connectivity index (χ4n) is 3.18. The van der Waals surface area contributed by atoms with E-state index in [0.29, 0.717) is 50.6 Å². The lowest BCUT2D eigenvalue weighted by atomic mass is 10.1. The van der Waals surface area contributed by atoms with Gasteiger partial charge in [-0.05, 0) is 44.0 Å². The van der Waals surface area contributed by atoms with Gasteiger partial charge in [0.05, 0.1) is 13.2 Å². The van der Waals surface area contributed by atoms with E-state index in [0.717, 1.165) is 5.56 Å². The average Bonchev–Trinajstić information content (AvgIpc) is 2.71. The van der Waals surface area contributed by atoms with Crippen molar-refractivity contribution in [2.45, 2.75) is 32.5 Å². The number of hydrogen-bond donors (Lipinski definition) is 0. The molecule has 1 aliphatic rings. The summed E-state index contributed by atoms with van der Waals surface area (Å²) in [5, 5.41) is 0. The lowest BCUT2D eigenvalue weighted by Crippen LogP contribution is -2.48. The summed E-state index contributed by atoms with van der Waals surface area (Å²) in [4.78, 5) is 16.4. The number of ether oxygens (including phenoxy) is 3. The van der Waals surface area contributed by atoms with E-state index >= 15 is 0 Å². The molecule has 0 radical (unpaired) electrons. The summed E-state index contributed by atoms with van der Waals surface area (Å²) in [6.45, 7) is 5.93. The molecular formula is C22H31F3N2O4. The van der Waals surface area contributed by atoms with Gasteiger partial charge in [0, 0.05) is 45.4 Å². The van der Waals surface area contributed by atoms with Crippen LogP contribution < -0.4 is 9.47 Å². The first-order valence-corrected chi connectivity index (χ1v) is 10.4. The molecule has 0 aromatic heterocycles. The Labute approximate surface area is 181 Å². The van der Waals surface area contributed by atoms with Gasteiger partial charge in [0.2, 0.25) is 5.91 Å². The SMILES string of the molecule is COc1cc(/C=C/C(=O)N2CCN(CCCOCC(F)(F)F)CC2)ccc1OC(C)C. The summed E-state index contributed by atoms with van der Waals surface area (Å²) < 4.78 is 51.8. The molecule has 0 N–H and O–H groups in total. The van der Waals surface area contributed by atoms with Crippen molar-refractivity contribution in [1.29, 1.82) is 0 Å². The molecule has 9 heteroatoms. The highest BCUT2D eigenvalue weighted by atomic mass is 19.4. The molecule has 1 aliphatic heterocycles. The summed E-state index contributed by atoms with van der Waals surface area (Å²) in [6, 6.07) is 5.50. The Kier molecular flexibility index (Phi) is 9.64. The van der Waals surface area contributed by atoms with Crippen molar-refractivity contribution in [3.8, 4) is 11.5 Å². The van der Waals surface area contributed by atoms with Gasteiger partial charge >= 0.3 is 6.18 Å². The maximum atomic E-state index is 12.5. The molecule has 1 heterocycles. The predicted molar refractivity (Wildman–Crippen MR) is 112 cm³/mol. The third kappa shape index (κ3) is 9.18. The van der Waals surface area contributed by atoms with Crippen molar-refractivity contribution in [1.82, 2.24) is 9.80 Å². The normalized spacial score (nSPS) is 15.6. The monoisotopic (exact) mass is 444 g/mol.